The summed E-state index contributed by atoms with van der Waals surface area (Å²) in [4.78, 5) is 14.5. The first-order chi connectivity index (χ1) is 12.1. The molecule has 2 aromatic rings. The monoisotopic (exact) mass is 337 g/mol. The summed E-state index contributed by atoms with van der Waals surface area (Å²) in [6, 6.07) is 12.5. The van der Waals surface area contributed by atoms with E-state index in [4.69, 9.17) is 4.74 Å². The first-order valence-corrected chi connectivity index (χ1v) is 9.43. The van der Waals surface area contributed by atoms with Crippen LogP contribution in [0.2, 0.25) is 0 Å². The van der Waals surface area contributed by atoms with Gasteiger partial charge in [-0.25, -0.2) is 0 Å². The van der Waals surface area contributed by atoms with E-state index in [0.717, 1.165) is 24.0 Å². The Hall–Kier alpha value is -2.03. The molecular formula is C22H27NO2. The van der Waals surface area contributed by atoms with E-state index < -0.39 is 0 Å². The Kier molecular flexibility index (Phi) is 4.41. The minimum Gasteiger partial charge on any atom is -0.497 e. The highest BCUT2D eigenvalue weighted by Gasteiger charge is 2.40. The average molecular weight is 337 g/mol. The standard InChI is InChI=1S/C22H27NO2/c1-23(22(24)13-20-10-15-3-5-18(20)9-15)14-16-4-6-19-12-21(25-2)8-7-17(19)11-16/h4,6-8,11-12,15,18,20H,3,5,9-10,13-14H2,1-2H3/t15-,18-,20+/m1/s1. The fraction of sp³-hybridized carbons (Fsp3) is 0.500. The lowest BCUT2D eigenvalue weighted by Crippen LogP contribution is -2.29. The molecule has 2 bridgehead atoms. The molecule has 2 aliphatic carbocycles. The van der Waals surface area contributed by atoms with Crippen molar-refractivity contribution in [3.05, 3.63) is 42.0 Å². The molecule has 3 atom stereocenters. The van der Waals surface area contributed by atoms with Gasteiger partial charge in [-0.15, -0.1) is 0 Å². The molecule has 2 aromatic carbocycles. The maximum absolute atomic E-state index is 12.6. The van der Waals surface area contributed by atoms with Crippen molar-refractivity contribution in [1.29, 1.82) is 0 Å². The molecule has 25 heavy (non-hydrogen) atoms. The summed E-state index contributed by atoms with van der Waals surface area (Å²) in [6.07, 6.45) is 6.13. The molecule has 0 aliphatic heterocycles. The fourth-order valence-corrected chi connectivity index (χ4v) is 4.87. The van der Waals surface area contributed by atoms with Gasteiger partial charge in [-0.05, 0) is 71.6 Å². The van der Waals surface area contributed by atoms with Gasteiger partial charge in [0.15, 0.2) is 0 Å². The molecule has 2 saturated carbocycles. The van der Waals surface area contributed by atoms with Crippen LogP contribution in [0.3, 0.4) is 0 Å². The van der Waals surface area contributed by atoms with Gasteiger partial charge < -0.3 is 9.64 Å². The van der Waals surface area contributed by atoms with E-state index in [2.05, 4.69) is 24.3 Å². The molecule has 4 rings (SSSR count). The third-order valence-corrected chi connectivity index (χ3v) is 6.28. The molecule has 1 amide bonds. The molecule has 0 heterocycles. The van der Waals surface area contributed by atoms with Crippen molar-refractivity contribution in [3.8, 4) is 5.75 Å². The quantitative estimate of drug-likeness (QED) is 0.796. The molecule has 2 aliphatic rings. The second-order valence-electron chi connectivity index (χ2n) is 7.94. The van der Waals surface area contributed by atoms with Gasteiger partial charge in [-0.3, -0.25) is 4.79 Å². The number of fused-ring (bicyclic) bond motifs is 3. The number of hydrogen-bond acceptors (Lipinski definition) is 2. The van der Waals surface area contributed by atoms with E-state index in [1.165, 1.54) is 42.0 Å². The number of carbonyl (C=O) groups is 1. The summed E-state index contributed by atoms with van der Waals surface area (Å²) in [5, 5.41) is 2.35. The number of methoxy groups -OCH3 is 1. The van der Waals surface area contributed by atoms with Crippen LogP contribution in [0.15, 0.2) is 36.4 Å². The van der Waals surface area contributed by atoms with Crippen LogP contribution in [0, 0.1) is 17.8 Å². The Balaban J connectivity index is 1.40. The number of rotatable bonds is 5. The Bertz CT molecular complexity index is 785. The van der Waals surface area contributed by atoms with Crippen molar-refractivity contribution in [3.63, 3.8) is 0 Å². The van der Waals surface area contributed by atoms with E-state index in [9.17, 15) is 4.79 Å². The first kappa shape index (κ1) is 16.4. The first-order valence-electron chi connectivity index (χ1n) is 9.43. The SMILES string of the molecule is COc1ccc2cc(CN(C)C(=O)C[C@@H]3C[C@@H]4CC[C@@H]3C4)ccc2c1. The fourth-order valence-electron chi connectivity index (χ4n) is 4.87. The molecule has 3 heteroatoms. The van der Waals surface area contributed by atoms with E-state index in [0.29, 0.717) is 18.4 Å². The normalized spacial score (nSPS) is 24.6. The highest BCUT2D eigenvalue weighted by molar-refractivity contribution is 5.84. The molecule has 0 N–H and O–H groups in total. The zero-order valence-corrected chi connectivity index (χ0v) is 15.2. The highest BCUT2D eigenvalue weighted by Crippen LogP contribution is 2.49. The Morgan fingerprint density at radius 2 is 1.92 bits per heavy atom. The lowest BCUT2D eigenvalue weighted by molar-refractivity contribution is -0.131. The van der Waals surface area contributed by atoms with Crippen LogP contribution in [0.4, 0.5) is 0 Å². The van der Waals surface area contributed by atoms with Crippen LogP contribution < -0.4 is 4.74 Å². The number of benzene rings is 2. The second-order valence-corrected chi connectivity index (χ2v) is 7.94. The Morgan fingerprint density at radius 1 is 1.12 bits per heavy atom. The Morgan fingerprint density at radius 3 is 2.64 bits per heavy atom. The minimum absolute atomic E-state index is 0.298. The van der Waals surface area contributed by atoms with Crippen LogP contribution >= 0.6 is 0 Å². The average Bonchev–Trinajstić information content (AvgIpc) is 3.24. The van der Waals surface area contributed by atoms with E-state index in [-0.39, 0.29) is 0 Å². The lowest BCUT2D eigenvalue weighted by atomic mass is 9.86. The van der Waals surface area contributed by atoms with Crippen LogP contribution in [0.5, 0.6) is 5.75 Å². The zero-order valence-electron chi connectivity index (χ0n) is 15.2. The maximum atomic E-state index is 12.6. The second kappa shape index (κ2) is 6.70. The lowest BCUT2D eigenvalue weighted by Gasteiger charge is -2.24. The van der Waals surface area contributed by atoms with Gasteiger partial charge in [0.1, 0.15) is 5.75 Å². The largest absolute Gasteiger partial charge is 0.497 e. The molecule has 3 nitrogen and oxygen atoms in total. The zero-order chi connectivity index (χ0) is 17.4. The molecule has 0 radical (unpaired) electrons. The van der Waals surface area contributed by atoms with Crippen molar-refractivity contribution in [2.75, 3.05) is 14.2 Å². The van der Waals surface area contributed by atoms with E-state index in [1.807, 2.05) is 24.1 Å². The summed E-state index contributed by atoms with van der Waals surface area (Å²) in [5.41, 5.74) is 1.18. The van der Waals surface area contributed by atoms with Crippen LogP contribution in [0.1, 0.15) is 37.7 Å². The van der Waals surface area contributed by atoms with Crippen LogP contribution in [0.25, 0.3) is 10.8 Å². The third kappa shape index (κ3) is 3.37. The smallest absolute Gasteiger partial charge is 0.222 e. The minimum atomic E-state index is 0.298. The van der Waals surface area contributed by atoms with Crippen molar-refractivity contribution in [2.45, 2.75) is 38.6 Å². The van der Waals surface area contributed by atoms with Gasteiger partial charge >= 0.3 is 0 Å². The summed E-state index contributed by atoms with van der Waals surface area (Å²) in [7, 11) is 3.63. The number of hydrogen-bond donors (Lipinski definition) is 0. The maximum Gasteiger partial charge on any atom is 0.222 e. The van der Waals surface area contributed by atoms with Gasteiger partial charge in [0.25, 0.3) is 0 Å². The summed E-state index contributed by atoms with van der Waals surface area (Å²) in [6.45, 7) is 0.682. The molecule has 0 aromatic heterocycles. The molecule has 0 saturated heterocycles. The van der Waals surface area contributed by atoms with Gasteiger partial charge in [-0.2, -0.15) is 0 Å². The molecule has 0 spiro atoms. The topological polar surface area (TPSA) is 29.5 Å². The number of amides is 1. The van der Waals surface area contributed by atoms with E-state index in [1.54, 1.807) is 7.11 Å². The predicted octanol–water partition coefficient (Wildman–Crippen LogP) is 4.63. The summed E-state index contributed by atoms with van der Waals surface area (Å²) in [5.74, 6) is 3.53. The summed E-state index contributed by atoms with van der Waals surface area (Å²) >= 11 is 0. The molecular weight excluding hydrogens is 310 g/mol. The molecule has 2 fully saturated rings. The number of carbonyl (C=O) groups excluding carboxylic acids is 1. The van der Waals surface area contributed by atoms with Crippen molar-refractivity contribution >= 4 is 16.7 Å². The van der Waals surface area contributed by atoms with Crippen molar-refractivity contribution in [2.24, 2.45) is 17.8 Å². The Labute approximate surface area is 150 Å². The van der Waals surface area contributed by atoms with Crippen molar-refractivity contribution < 1.29 is 9.53 Å². The third-order valence-electron chi connectivity index (χ3n) is 6.28. The van der Waals surface area contributed by atoms with Gasteiger partial charge in [-0.1, -0.05) is 24.6 Å². The number of ether oxygens (including phenoxy) is 1. The van der Waals surface area contributed by atoms with Gasteiger partial charge in [0, 0.05) is 20.0 Å². The van der Waals surface area contributed by atoms with Crippen LogP contribution in [-0.2, 0) is 11.3 Å². The van der Waals surface area contributed by atoms with Gasteiger partial charge in [0.2, 0.25) is 5.91 Å². The number of nitrogens with zero attached hydrogens (tertiary/aromatic N) is 1. The predicted molar refractivity (Wildman–Crippen MR) is 101 cm³/mol. The van der Waals surface area contributed by atoms with Crippen molar-refractivity contribution in [1.82, 2.24) is 4.90 Å². The molecule has 132 valence electrons. The van der Waals surface area contributed by atoms with Gasteiger partial charge in [0.05, 0.1) is 7.11 Å². The summed E-state index contributed by atoms with van der Waals surface area (Å²) < 4.78 is 5.28. The van der Waals surface area contributed by atoms with Crippen LogP contribution in [-0.4, -0.2) is 25.0 Å². The highest BCUT2D eigenvalue weighted by atomic mass is 16.5. The van der Waals surface area contributed by atoms with E-state index >= 15 is 0 Å². The molecule has 0 unspecified atom stereocenters.